The molecule has 0 heterocycles. The van der Waals surface area contributed by atoms with Crippen molar-refractivity contribution in [3.63, 3.8) is 0 Å². The molecule has 1 atom stereocenters. The number of carbonyl (C=O) groups is 1. The number of carbonyl (C=O) groups excluding carboxylic acids is 1. The van der Waals surface area contributed by atoms with Crippen LogP contribution >= 0.6 is 11.6 Å². The number of hydrogen-bond donors (Lipinski definition) is 3. The monoisotopic (exact) mass is 294 g/mol. The molecule has 4 nitrogen and oxygen atoms in total. The molecule has 0 saturated heterocycles. The van der Waals surface area contributed by atoms with Gasteiger partial charge in [-0.3, -0.25) is 0 Å². The number of aliphatic hydroxyl groups is 1. The van der Waals surface area contributed by atoms with Gasteiger partial charge < -0.3 is 15.7 Å². The zero-order valence-corrected chi connectivity index (χ0v) is 12.0. The van der Waals surface area contributed by atoms with Crippen LogP contribution in [-0.4, -0.2) is 23.3 Å². The Hall–Kier alpha value is -1.52. The third-order valence-electron chi connectivity index (χ3n) is 3.33. The van der Waals surface area contributed by atoms with E-state index in [1.165, 1.54) is 0 Å². The molecule has 1 aliphatic carbocycles. The Kier molecular flexibility index (Phi) is 5.04. The first-order chi connectivity index (χ1) is 9.57. The van der Waals surface area contributed by atoms with Crippen LogP contribution in [0.25, 0.3) is 0 Å². The van der Waals surface area contributed by atoms with Crippen LogP contribution in [-0.2, 0) is 6.54 Å². The summed E-state index contributed by atoms with van der Waals surface area (Å²) in [7, 11) is 0. The molecule has 0 aromatic heterocycles. The van der Waals surface area contributed by atoms with E-state index in [-0.39, 0.29) is 12.6 Å². The van der Waals surface area contributed by atoms with Crippen LogP contribution < -0.4 is 10.6 Å². The molecular formula is C15H19ClN2O2. The normalized spacial score (nSPS) is 21.5. The van der Waals surface area contributed by atoms with Crippen LogP contribution in [0, 0.1) is 0 Å². The largest absolute Gasteiger partial charge is 0.384 e. The third kappa shape index (κ3) is 4.54. The number of nitrogens with one attached hydrogen (secondary N) is 2. The van der Waals surface area contributed by atoms with Gasteiger partial charge in [0.1, 0.15) is 5.60 Å². The molecule has 0 fully saturated rings. The summed E-state index contributed by atoms with van der Waals surface area (Å²) in [6.07, 6.45) is 6.35. The Balaban J connectivity index is 1.74. The lowest BCUT2D eigenvalue weighted by Crippen LogP contribution is -2.45. The van der Waals surface area contributed by atoms with Crippen molar-refractivity contribution in [2.75, 3.05) is 6.54 Å². The summed E-state index contributed by atoms with van der Waals surface area (Å²) in [5.74, 6) is 0. The van der Waals surface area contributed by atoms with E-state index in [0.717, 1.165) is 18.4 Å². The van der Waals surface area contributed by atoms with E-state index >= 15 is 0 Å². The van der Waals surface area contributed by atoms with Crippen LogP contribution in [0.3, 0.4) is 0 Å². The topological polar surface area (TPSA) is 61.4 Å². The van der Waals surface area contributed by atoms with Gasteiger partial charge in [0.2, 0.25) is 0 Å². The number of rotatable bonds is 4. The van der Waals surface area contributed by atoms with Crippen LogP contribution in [0.1, 0.15) is 24.8 Å². The second-order valence-corrected chi connectivity index (χ2v) is 5.50. The average Bonchev–Trinajstić information content (AvgIpc) is 2.45. The first-order valence-corrected chi connectivity index (χ1v) is 7.11. The van der Waals surface area contributed by atoms with Crippen molar-refractivity contribution in [2.24, 2.45) is 0 Å². The van der Waals surface area contributed by atoms with Gasteiger partial charge in [-0.15, -0.1) is 0 Å². The second-order valence-electron chi connectivity index (χ2n) is 5.06. The van der Waals surface area contributed by atoms with Crippen molar-refractivity contribution >= 4 is 17.6 Å². The second kappa shape index (κ2) is 6.77. The number of hydrogen-bond acceptors (Lipinski definition) is 2. The molecule has 1 aromatic carbocycles. The SMILES string of the molecule is O=C(NCc1ccc(Cl)cc1)NC[C@]1(O)C=CCCC1. The fourth-order valence-corrected chi connectivity index (χ4v) is 2.27. The first-order valence-electron chi connectivity index (χ1n) is 6.74. The molecule has 0 bridgehead atoms. The van der Waals surface area contributed by atoms with Crippen molar-refractivity contribution in [2.45, 2.75) is 31.4 Å². The van der Waals surface area contributed by atoms with E-state index in [4.69, 9.17) is 11.6 Å². The Morgan fingerprint density at radius 2 is 2.05 bits per heavy atom. The maximum absolute atomic E-state index is 11.7. The molecule has 2 rings (SSSR count). The van der Waals surface area contributed by atoms with Crippen molar-refractivity contribution in [1.82, 2.24) is 10.6 Å². The molecule has 0 radical (unpaired) electrons. The zero-order chi connectivity index (χ0) is 14.4. The lowest BCUT2D eigenvalue weighted by Gasteiger charge is -2.27. The fraction of sp³-hybridized carbons (Fsp3) is 0.400. The molecule has 5 heteroatoms. The number of halogens is 1. The molecule has 20 heavy (non-hydrogen) atoms. The number of allylic oxidation sites excluding steroid dienone is 1. The third-order valence-corrected chi connectivity index (χ3v) is 3.58. The number of benzene rings is 1. The van der Waals surface area contributed by atoms with Gasteiger partial charge >= 0.3 is 6.03 Å². The first kappa shape index (κ1) is 14.9. The van der Waals surface area contributed by atoms with E-state index in [9.17, 15) is 9.90 Å². The molecule has 0 unspecified atom stereocenters. The Morgan fingerprint density at radius 1 is 1.30 bits per heavy atom. The molecule has 1 aliphatic rings. The summed E-state index contributed by atoms with van der Waals surface area (Å²) in [6, 6.07) is 7.00. The maximum atomic E-state index is 11.7. The van der Waals surface area contributed by atoms with E-state index in [1.54, 1.807) is 18.2 Å². The van der Waals surface area contributed by atoms with Crippen LogP contribution in [0.15, 0.2) is 36.4 Å². The molecule has 1 aromatic rings. The number of amides is 2. The van der Waals surface area contributed by atoms with Gasteiger partial charge in [0.25, 0.3) is 0 Å². The Labute approximate surface area is 123 Å². The molecule has 0 saturated carbocycles. The van der Waals surface area contributed by atoms with E-state index in [1.807, 2.05) is 18.2 Å². The minimum absolute atomic E-state index is 0.232. The van der Waals surface area contributed by atoms with Gasteiger partial charge in [-0.1, -0.05) is 35.9 Å². The minimum Gasteiger partial charge on any atom is -0.384 e. The molecule has 108 valence electrons. The summed E-state index contributed by atoms with van der Waals surface area (Å²) in [4.78, 5) is 11.7. The molecule has 0 spiro atoms. The minimum atomic E-state index is -0.907. The summed E-state index contributed by atoms with van der Waals surface area (Å²) >= 11 is 5.79. The summed E-state index contributed by atoms with van der Waals surface area (Å²) < 4.78 is 0. The standard InChI is InChI=1S/C15H19ClN2O2/c16-13-6-4-12(5-7-13)10-17-14(19)18-11-15(20)8-2-1-3-9-15/h2,4-8,20H,1,3,9-11H2,(H2,17,18,19)/t15-/m0/s1. The smallest absolute Gasteiger partial charge is 0.315 e. The lowest BCUT2D eigenvalue weighted by atomic mass is 9.91. The molecular weight excluding hydrogens is 276 g/mol. The van der Waals surface area contributed by atoms with Crippen LogP contribution in [0.4, 0.5) is 4.79 Å². The van der Waals surface area contributed by atoms with Gasteiger partial charge in [-0.25, -0.2) is 4.79 Å². The van der Waals surface area contributed by atoms with Gasteiger partial charge in [0.05, 0.1) is 6.54 Å². The van der Waals surface area contributed by atoms with Crippen molar-refractivity contribution in [1.29, 1.82) is 0 Å². The summed E-state index contributed by atoms with van der Waals surface area (Å²) in [5.41, 5.74) is 0.0661. The number of urea groups is 1. The Bertz CT molecular complexity index is 487. The van der Waals surface area contributed by atoms with Gasteiger partial charge in [0, 0.05) is 11.6 Å². The predicted octanol–water partition coefficient (Wildman–Crippen LogP) is 2.61. The summed E-state index contributed by atoms with van der Waals surface area (Å²) in [6.45, 7) is 0.660. The average molecular weight is 295 g/mol. The highest BCUT2D eigenvalue weighted by Crippen LogP contribution is 2.20. The molecule has 3 N–H and O–H groups in total. The van der Waals surface area contributed by atoms with Gasteiger partial charge in [0.15, 0.2) is 0 Å². The molecule has 2 amide bonds. The van der Waals surface area contributed by atoms with Gasteiger partial charge in [-0.05, 0) is 37.0 Å². The van der Waals surface area contributed by atoms with E-state index in [0.29, 0.717) is 18.0 Å². The van der Waals surface area contributed by atoms with Crippen molar-refractivity contribution < 1.29 is 9.90 Å². The lowest BCUT2D eigenvalue weighted by molar-refractivity contribution is 0.0762. The fourth-order valence-electron chi connectivity index (χ4n) is 2.14. The Morgan fingerprint density at radius 3 is 2.70 bits per heavy atom. The quantitative estimate of drug-likeness (QED) is 0.748. The van der Waals surface area contributed by atoms with Crippen LogP contribution in [0.2, 0.25) is 5.02 Å². The zero-order valence-electron chi connectivity index (χ0n) is 11.2. The van der Waals surface area contributed by atoms with Crippen molar-refractivity contribution in [3.05, 3.63) is 47.0 Å². The van der Waals surface area contributed by atoms with E-state index < -0.39 is 5.60 Å². The predicted molar refractivity (Wildman–Crippen MR) is 79.6 cm³/mol. The van der Waals surface area contributed by atoms with Gasteiger partial charge in [-0.2, -0.15) is 0 Å². The molecule has 0 aliphatic heterocycles. The highest BCUT2D eigenvalue weighted by atomic mass is 35.5. The highest BCUT2D eigenvalue weighted by Gasteiger charge is 2.25. The van der Waals surface area contributed by atoms with Crippen LogP contribution in [0.5, 0.6) is 0 Å². The van der Waals surface area contributed by atoms with E-state index in [2.05, 4.69) is 10.6 Å². The highest BCUT2D eigenvalue weighted by molar-refractivity contribution is 6.30. The summed E-state index contributed by atoms with van der Waals surface area (Å²) in [5, 5.41) is 16.3. The maximum Gasteiger partial charge on any atom is 0.315 e. The van der Waals surface area contributed by atoms with Crippen molar-refractivity contribution in [3.8, 4) is 0 Å².